The van der Waals surface area contributed by atoms with E-state index in [0.717, 1.165) is 0 Å². The van der Waals surface area contributed by atoms with Crippen LogP contribution < -0.4 is 5.32 Å². The van der Waals surface area contributed by atoms with Gasteiger partial charge in [0.25, 0.3) is 5.91 Å². The first-order chi connectivity index (χ1) is 9.59. The molecule has 6 heteroatoms. The van der Waals surface area contributed by atoms with Crippen molar-refractivity contribution in [2.45, 2.75) is 6.42 Å². The Balaban J connectivity index is 1.95. The van der Waals surface area contributed by atoms with Gasteiger partial charge in [-0.2, -0.15) is 0 Å². The molecule has 2 aromatic rings. The van der Waals surface area contributed by atoms with E-state index in [1.165, 1.54) is 11.3 Å². The molecule has 0 aliphatic rings. The quantitative estimate of drug-likeness (QED) is 0.892. The van der Waals surface area contributed by atoms with Crippen molar-refractivity contribution < 1.29 is 14.7 Å². The minimum absolute atomic E-state index is 0.238. The van der Waals surface area contributed by atoms with Crippen LogP contribution >= 0.6 is 22.9 Å². The van der Waals surface area contributed by atoms with Crippen LogP contribution in [-0.2, 0) is 6.42 Å². The van der Waals surface area contributed by atoms with Crippen LogP contribution in [0.2, 0.25) is 5.02 Å². The van der Waals surface area contributed by atoms with E-state index in [9.17, 15) is 9.59 Å². The molecule has 2 N–H and O–H groups in total. The molecule has 1 heterocycles. The van der Waals surface area contributed by atoms with Crippen LogP contribution in [0.1, 0.15) is 25.6 Å². The van der Waals surface area contributed by atoms with Crippen LogP contribution in [0.25, 0.3) is 0 Å². The molecule has 1 aromatic carbocycles. The number of amides is 1. The molecular formula is C14H12ClNO3S. The number of rotatable bonds is 5. The topological polar surface area (TPSA) is 66.4 Å². The summed E-state index contributed by atoms with van der Waals surface area (Å²) in [5, 5.41) is 14.0. The van der Waals surface area contributed by atoms with E-state index in [1.807, 2.05) is 0 Å². The highest BCUT2D eigenvalue weighted by molar-refractivity contribution is 7.12. The Morgan fingerprint density at radius 3 is 2.65 bits per heavy atom. The lowest BCUT2D eigenvalue weighted by Gasteiger charge is -2.07. The molecule has 0 fully saturated rings. The van der Waals surface area contributed by atoms with Crippen LogP contribution in [0.4, 0.5) is 0 Å². The monoisotopic (exact) mass is 309 g/mol. The van der Waals surface area contributed by atoms with Gasteiger partial charge in [-0.1, -0.05) is 29.8 Å². The van der Waals surface area contributed by atoms with E-state index >= 15 is 0 Å². The van der Waals surface area contributed by atoms with Gasteiger partial charge in [-0.3, -0.25) is 4.79 Å². The lowest BCUT2D eigenvalue weighted by Crippen LogP contribution is -2.25. The standard InChI is InChI=1S/C14H12ClNO3S/c15-11-6-8-20-12(11)13(17)16-7-5-9-3-1-2-4-10(9)14(18)19/h1-4,6,8H,5,7H2,(H,16,17)(H,18,19). The number of carboxylic acids is 1. The summed E-state index contributed by atoms with van der Waals surface area (Å²) in [6.45, 7) is 0.358. The summed E-state index contributed by atoms with van der Waals surface area (Å²) in [6, 6.07) is 8.42. The summed E-state index contributed by atoms with van der Waals surface area (Å²) in [4.78, 5) is 23.4. The zero-order valence-electron chi connectivity index (χ0n) is 10.4. The number of nitrogens with one attached hydrogen (secondary N) is 1. The smallest absolute Gasteiger partial charge is 0.335 e. The number of hydrogen-bond donors (Lipinski definition) is 2. The Hall–Kier alpha value is -1.85. The molecule has 0 bridgehead atoms. The molecule has 0 radical (unpaired) electrons. The molecule has 0 aliphatic heterocycles. The highest BCUT2D eigenvalue weighted by atomic mass is 35.5. The second kappa shape index (κ2) is 6.54. The molecule has 1 aromatic heterocycles. The Kier molecular flexibility index (Phi) is 4.76. The van der Waals surface area contributed by atoms with E-state index in [-0.39, 0.29) is 11.5 Å². The lowest BCUT2D eigenvalue weighted by molar-refractivity contribution is 0.0695. The number of aromatic carboxylic acids is 1. The maximum atomic E-state index is 11.8. The number of benzene rings is 1. The van der Waals surface area contributed by atoms with Gasteiger partial charge in [0, 0.05) is 6.54 Å². The van der Waals surface area contributed by atoms with Gasteiger partial charge in [-0.15, -0.1) is 11.3 Å². The van der Waals surface area contributed by atoms with Gasteiger partial charge >= 0.3 is 5.97 Å². The van der Waals surface area contributed by atoms with Crippen molar-refractivity contribution in [2.24, 2.45) is 0 Å². The van der Waals surface area contributed by atoms with Crippen molar-refractivity contribution in [3.63, 3.8) is 0 Å². The number of halogens is 1. The Labute approximate surface area is 125 Å². The molecule has 104 valence electrons. The van der Waals surface area contributed by atoms with Gasteiger partial charge < -0.3 is 10.4 Å². The predicted molar refractivity (Wildman–Crippen MR) is 78.8 cm³/mol. The fourth-order valence-electron chi connectivity index (χ4n) is 1.79. The average molecular weight is 310 g/mol. The third kappa shape index (κ3) is 3.37. The zero-order valence-corrected chi connectivity index (χ0v) is 12.0. The number of thiophene rings is 1. The maximum Gasteiger partial charge on any atom is 0.335 e. The Morgan fingerprint density at radius 1 is 1.25 bits per heavy atom. The Morgan fingerprint density at radius 2 is 2.00 bits per heavy atom. The lowest BCUT2D eigenvalue weighted by atomic mass is 10.0. The van der Waals surface area contributed by atoms with Crippen molar-refractivity contribution in [1.82, 2.24) is 5.32 Å². The van der Waals surface area contributed by atoms with Gasteiger partial charge in [-0.05, 0) is 29.5 Å². The average Bonchev–Trinajstić information content (AvgIpc) is 2.85. The molecule has 0 spiro atoms. The largest absolute Gasteiger partial charge is 0.478 e. The van der Waals surface area contributed by atoms with Crippen molar-refractivity contribution >= 4 is 34.8 Å². The number of hydrogen-bond acceptors (Lipinski definition) is 3. The first kappa shape index (κ1) is 14.6. The first-order valence-electron chi connectivity index (χ1n) is 5.92. The van der Waals surface area contributed by atoms with Crippen molar-refractivity contribution in [1.29, 1.82) is 0 Å². The highest BCUT2D eigenvalue weighted by Gasteiger charge is 2.12. The Bertz CT molecular complexity index is 639. The molecule has 0 aliphatic carbocycles. The predicted octanol–water partition coefficient (Wildman–Crippen LogP) is 3.07. The molecule has 0 saturated carbocycles. The highest BCUT2D eigenvalue weighted by Crippen LogP contribution is 2.21. The molecular weight excluding hydrogens is 298 g/mol. The van der Waals surface area contributed by atoms with E-state index in [1.54, 1.807) is 35.7 Å². The summed E-state index contributed by atoms with van der Waals surface area (Å²) in [6.07, 6.45) is 0.456. The fraction of sp³-hybridized carbons (Fsp3) is 0.143. The van der Waals surface area contributed by atoms with Crippen molar-refractivity contribution in [2.75, 3.05) is 6.54 Å². The molecule has 0 unspecified atom stereocenters. The summed E-state index contributed by atoms with van der Waals surface area (Å²) in [7, 11) is 0. The third-order valence-electron chi connectivity index (χ3n) is 2.75. The molecule has 1 amide bonds. The summed E-state index contributed by atoms with van der Waals surface area (Å²) < 4.78 is 0. The summed E-state index contributed by atoms with van der Waals surface area (Å²) >= 11 is 7.14. The van der Waals surface area contributed by atoms with E-state index in [0.29, 0.717) is 28.4 Å². The molecule has 0 saturated heterocycles. The number of carbonyl (C=O) groups excluding carboxylic acids is 1. The van der Waals surface area contributed by atoms with Crippen LogP contribution in [-0.4, -0.2) is 23.5 Å². The molecule has 4 nitrogen and oxygen atoms in total. The fourth-order valence-corrected chi connectivity index (χ4v) is 2.85. The normalized spacial score (nSPS) is 10.2. The SMILES string of the molecule is O=C(O)c1ccccc1CCNC(=O)c1sccc1Cl. The molecule has 20 heavy (non-hydrogen) atoms. The van der Waals surface area contributed by atoms with Crippen LogP contribution in [0.5, 0.6) is 0 Å². The van der Waals surface area contributed by atoms with Gasteiger partial charge in [-0.25, -0.2) is 4.79 Å². The van der Waals surface area contributed by atoms with Gasteiger partial charge in [0.05, 0.1) is 10.6 Å². The third-order valence-corrected chi connectivity index (χ3v) is 4.09. The zero-order chi connectivity index (χ0) is 14.5. The second-order valence-corrected chi connectivity index (χ2v) is 5.39. The van der Waals surface area contributed by atoms with Crippen LogP contribution in [0.15, 0.2) is 35.7 Å². The maximum absolute atomic E-state index is 11.8. The summed E-state index contributed by atoms with van der Waals surface area (Å²) in [5.41, 5.74) is 0.952. The van der Waals surface area contributed by atoms with E-state index in [2.05, 4.69) is 5.32 Å². The van der Waals surface area contributed by atoms with E-state index in [4.69, 9.17) is 16.7 Å². The molecule has 0 atom stereocenters. The van der Waals surface area contributed by atoms with Crippen LogP contribution in [0.3, 0.4) is 0 Å². The minimum atomic E-state index is -0.965. The van der Waals surface area contributed by atoms with Gasteiger partial charge in [0.15, 0.2) is 0 Å². The van der Waals surface area contributed by atoms with E-state index < -0.39 is 5.97 Å². The van der Waals surface area contributed by atoms with Gasteiger partial charge in [0.2, 0.25) is 0 Å². The summed E-state index contributed by atoms with van der Waals surface area (Å²) in [5.74, 6) is -1.20. The van der Waals surface area contributed by atoms with Gasteiger partial charge in [0.1, 0.15) is 4.88 Å². The van der Waals surface area contributed by atoms with Crippen molar-refractivity contribution in [3.05, 3.63) is 56.7 Å². The number of carbonyl (C=O) groups is 2. The van der Waals surface area contributed by atoms with Crippen molar-refractivity contribution in [3.8, 4) is 0 Å². The van der Waals surface area contributed by atoms with Crippen LogP contribution in [0, 0.1) is 0 Å². The molecule has 2 rings (SSSR count). The number of carboxylic acid groups (broad SMARTS) is 1. The minimum Gasteiger partial charge on any atom is -0.478 e. The first-order valence-corrected chi connectivity index (χ1v) is 7.17. The second-order valence-electron chi connectivity index (χ2n) is 4.07.